The van der Waals surface area contributed by atoms with Gasteiger partial charge >= 0.3 is 0 Å². The van der Waals surface area contributed by atoms with Gasteiger partial charge in [-0.2, -0.15) is 0 Å². The van der Waals surface area contributed by atoms with E-state index in [9.17, 15) is 9.50 Å². The highest BCUT2D eigenvalue weighted by molar-refractivity contribution is 6.25. The fourth-order valence-corrected chi connectivity index (χ4v) is 1.37. The van der Waals surface area contributed by atoms with Gasteiger partial charge in [0, 0.05) is 11.1 Å². The van der Waals surface area contributed by atoms with E-state index in [0.29, 0.717) is 12.2 Å². The van der Waals surface area contributed by atoms with E-state index in [4.69, 9.17) is 16.3 Å². The molecular formula is C13H12ClFO2. The van der Waals surface area contributed by atoms with Crippen molar-refractivity contribution in [2.24, 2.45) is 0 Å². The van der Waals surface area contributed by atoms with Crippen LogP contribution < -0.4 is 0 Å². The lowest BCUT2D eigenvalue weighted by molar-refractivity contribution is 0.152. The van der Waals surface area contributed by atoms with Crippen molar-refractivity contribution in [2.75, 3.05) is 6.61 Å². The van der Waals surface area contributed by atoms with E-state index in [1.165, 1.54) is 30.3 Å². The molecule has 17 heavy (non-hydrogen) atoms. The van der Waals surface area contributed by atoms with Crippen molar-refractivity contribution < 1.29 is 14.2 Å². The van der Waals surface area contributed by atoms with Gasteiger partial charge in [0.15, 0.2) is 5.60 Å². The lowest BCUT2D eigenvalue weighted by atomic mass is 9.95. The lowest BCUT2D eigenvalue weighted by Crippen LogP contribution is -2.20. The van der Waals surface area contributed by atoms with Gasteiger partial charge in [-0.3, -0.25) is 0 Å². The van der Waals surface area contributed by atoms with Gasteiger partial charge in [-0.05, 0) is 31.1 Å². The molecule has 0 aromatic heterocycles. The molecule has 1 atom stereocenters. The molecule has 2 nitrogen and oxygen atoms in total. The molecule has 90 valence electrons. The number of ether oxygens (including phenoxy) is 1. The van der Waals surface area contributed by atoms with Gasteiger partial charge in [-0.1, -0.05) is 23.7 Å². The summed E-state index contributed by atoms with van der Waals surface area (Å²) < 4.78 is 17.6. The monoisotopic (exact) mass is 254 g/mol. The molecule has 0 radical (unpaired) electrons. The molecule has 0 heterocycles. The normalized spacial score (nSPS) is 13.9. The molecule has 0 saturated carbocycles. The van der Waals surface area contributed by atoms with Crippen molar-refractivity contribution in [2.45, 2.75) is 12.5 Å². The summed E-state index contributed by atoms with van der Waals surface area (Å²) in [6.45, 7) is 2.19. The second kappa shape index (κ2) is 6.29. The van der Waals surface area contributed by atoms with Gasteiger partial charge in [-0.15, -0.1) is 0 Å². The molecule has 0 saturated heterocycles. The second-order valence-corrected chi connectivity index (χ2v) is 3.48. The zero-order chi connectivity index (χ0) is 12.7. The Morgan fingerprint density at radius 1 is 1.47 bits per heavy atom. The Kier molecular flexibility index (Phi) is 5.02. The molecule has 0 fully saturated rings. The minimum atomic E-state index is -1.58. The van der Waals surface area contributed by atoms with E-state index in [1.54, 1.807) is 6.92 Å². The van der Waals surface area contributed by atoms with Crippen LogP contribution in [-0.4, -0.2) is 11.7 Å². The highest BCUT2D eigenvalue weighted by atomic mass is 35.5. The van der Waals surface area contributed by atoms with Crippen LogP contribution in [0.25, 0.3) is 0 Å². The largest absolute Gasteiger partial charge is 0.447 e. The van der Waals surface area contributed by atoms with E-state index in [2.05, 4.69) is 12.0 Å². The van der Waals surface area contributed by atoms with Crippen LogP contribution in [0.1, 0.15) is 12.5 Å². The van der Waals surface area contributed by atoms with Crippen LogP contribution in [0.2, 0.25) is 0 Å². The minimum absolute atomic E-state index is 0.385. The summed E-state index contributed by atoms with van der Waals surface area (Å²) in [5.41, 5.74) is -0.00257. The van der Waals surface area contributed by atoms with Crippen molar-refractivity contribution in [1.82, 2.24) is 0 Å². The second-order valence-electron chi connectivity index (χ2n) is 3.23. The Morgan fingerprint density at radius 3 is 2.65 bits per heavy atom. The number of halogens is 2. The molecule has 1 rings (SSSR count). The van der Waals surface area contributed by atoms with Gasteiger partial charge in [0.05, 0.1) is 6.61 Å². The Hall–Kier alpha value is -1.50. The smallest absolute Gasteiger partial charge is 0.174 e. The first-order valence-electron chi connectivity index (χ1n) is 5.02. The average molecular weight is 255 g/mol. The summed E-state index contributed by atoms with van der Waals surface area (Å²) in [5, 5.41) is 10.3. The molecule has 1 N–H and O–H groups in total. The first kappa shape index (κ1) is 13.6. The molecule has 0 aliphatic heterocycles. The first-order valence-corrected chi connectivity index (χ1v) is 5.46. The standard InChI is InChI=1S/C13H12ClFO2/c1-2-17-10-8-13(16,7-9-14)11-3-5-12(15)6-4-11/h3-7,9,16H,2H2,1H3/b9-7+. The molecule has 0 amide bonds. The van der Waals surface area contributed by atoms with E-state index in [0.717, 1.165) is 5.54 Å². The molecule has 0 spiro atoms. The predicted molar refractivity (Wildman–Crippen MR) is 64.7 cm³/mol. The third-order valence-corrected chi connectivity index (χ3v) is 2.17. The Labute approximate surface area is 105 Å². The summed E-state index contributed by atoms with van der Waals surface area (Å²) in [4.78, 5) is 0. The van der Waals surface area contributed by atoms with E-state index < -0.39 is 5.60 Å². The van der Waals surface area contributed by atoms with Crippen LogP contribution in [-0.2, 0) is 10.3 Å². The lowest BCUT2D eigenvalue weighted by Gasteiger charge is -2.17. The van der Waals surface area contributed by atoms with Crippen molar-refractivity contribution >= 4 is 11.6 Å². The summed E-state index contributed by atoms with van der Waals surface area (Å²) in [5.74, 6) is 2.14. The summed E-state index contributed by atoms with van der Waals surface area (Å²) in [6, 6.07) is 5.36. The Balaban J connectivity index is 3.08. The van der Waals surface area contributed by atoms with Crippen molar-refractivity contribution in [3.8, 4) is 12.0 Å². The van der Waals surface area contributed by atoms with Crippen LogP contribution in [0.5, 0.6) is 0 Å². The molecular weight excluding hydrogens is 243 g/mol. The van der Waals surface area contributed by atoms with Gasteiger partial charge in [0.2, 0.25) is 0 Å². The zero-order valence-electron chi connectivity index (χ0n) is 9.28. The van der Waals surface area contributed by atoms with Crippen molar-refractivity contribution in [1.29, 1.82) is 0 Å². The van der Waals surface area contributed by atoms with Crippen LogP contribution in [0.4, 0.5) is 4.39 Å². The number of rotatable bonds is 3. The number of aliphatic hydroxyl groups is 1. The molecule has 4 heteroatoms. The number of hydrogen-bond donors (Lipinski definition) is 1. The highest BCUT2D eigenvalue weighted by Crippen LogP contribution is 2.22. The predicted octanol–water partition coefficient (Wildman–Crippen LogP) is 2.76. The fourth-order valence-electron chi connectivity index (χ4n) is 1.19. The zero-order valence-corrected chi connectivity index (χ0v) is 10.0. The van der Waals surface area contributed by atoms with E-state index >= 15 is 0 Å². The Morgan fingerprint density at radius 2 is 2.12 bits per heavy atom. The van der Waals surface area contributed by atoms with Crippen molar-refractivity contribution in [3.05, 3.63) is 47.3 Å². The molecule has 0 aliphatic carbocycles. The number of hydrogen-bond acceptors (Lipinski definition) is 2. The maximum Gasteiger partial charge on any atom is 0.174 e. The van der Waals surface area contributed by atoms with Gasteiger partial charge in [0.1, 0.15) is 11.9 Å². The number of benzene rings is 1. The third-order valence-electron chi connectivity index (χ3n) is 2.05. The minimum Gasteiger partial charge on any atom is -0.447 e. The fraction of sp³-hybridized carbons (Fsp3) is 0.231. The van der Waals surface area contributed by atoms with Gasteiger partial charge < -0.3 is 9.84 Å². The van der Waals surface area contributed by atoms with Crippen LogP contribution in [0.3, 0.4) is 0 Å². The first-order chi connectivity index (χ1) is 8.12. The van der Waals surface area contributed by atoms with Crippen LogP contribution in [0, 0.1) is 17.8 Å². The molecule has 1 unspecified atom stereocenters. The SMILES string of the molecule is CCOC#CC(O)(/C=C/Cl)c1ccc(F)cc1. The third kappa shape index (κ3) is 3.77. The summed E-state index contributed by atoms with van der Waals surface area (Å²) in [7, 11) is 0. The maximum atomic E-state index is 12.8. The highest BCUT2D eigenvalue weighted by Gasteiger charge is 2.23. The average Bonchev–Trinajstić information content (AvgIpc) is 2.30. The quantitative estimate of drug-likeness (QED) is 0.841. The maximum absolute atomic E-state index is 12.8. The molecule has 1 aromatic rings. The van der Waals surface area contributed by atoms with Gasteiger partial charge in [-0.25, -0.2) is 4.39 Å². The summed E-state index contributed by atoms with van der Waals surface area (Å²) in [6.07, 6.45) is 3.67. The molecule has 0 aliphatic rings. The molecule has 1 aromatic carbocycles. The summed E-state index contributed by atoms with van der Waals surface area (Å²) >= 11 is 5.46. The van der Waals surface area contributed by atoms with Gasteiger partial charge in [0.25, 0.3) is 0 Å². The van der Waals surface area contributed by atoms with E-state index in [1.807, 2.05) is 0 Å². The molecule has 0 bridgehead atoms. The van der Waals surface area contributed by atoms with Crippen LogP contribution >= 0.6 is 11.6 Å². The van der Waals surface area contributed by atoms with Crippen molar-refractivity contribution in [3.63, 3.8) is 0 Å². The Bertz CT molecular complexity index is 445. The van der Waals surface area contributed by atoms with Crippen LogP contribution in [0.15, 0.2) is 35.9 Å². The van der Waals surface area contributed by atoms with E-state index in [-0.39, 0.29) is 5.82 Å². The topological polar surface area (TPSA) is 29.5 Å².